The summed E-state index contributed by atoms with van der Waals surface area (Å²) in [6, 6.07) is 10.3. The van der Waals surface area contributed by atoms with Gasteiger partial charge < -0.3 is 0 Å². The molecule has 2 rings (SSSR count). The van der Waals surface area contributed by atoms with Crippen LogP contribution in [-0.4, -0.2) is 4.98 Å². The van der Waals surface area contributed by atoms with Gasteiger partial charge in [0.15, 0.2) is 0 Å². The Morgan fingerprint density at radius 3 is 2.67 bits per heavy atom. The van der Waals surface area contributed by atoms with Crippen LogP contribution < -0.4 is 0 Å². The van der Waals surface area contributed by atoms with Crippen molar-refractivity contribution in [2.45, 2.75) is 18.7 Å². The zero-order chi connectivity index (χ0) is 10.7. The Hall–Kier alpha value is -0.860. The quantitative estimate of drug-likeness (QED) is 0.736. The highest BCUT2D eigenvalue weighted by Gasteiger charge is 2.11. The number of halogens is 1. The van der Waals surface area contributed by atoms with Crippen molar-refractivity contribution in [3.8, 4) is 0 Å². The minimum atomic E-state index is -0.0163. The van der Waals surface area contributed by atoms with Crippen LogP contribution in [0, 0.1) is 6.92 Å². The predicted octanol–water partition coefficient (Wildman–Crippen LogP) is 3.97. The second-order valence-electron chi connectivity index (χ2n) is 3.45. The van der Waals surface area contributed by atoms with Crippen LogP contribution in [0.4, 0.5) is 0 Å². The molecule has 1 unspecified atom stereocenters. The SMILES string of the molecule is Cc1nc(C(Cl)Cc2ccccc2)cs1. The normalized spacial score (nSPS) is 12.7. The van der Waals surface area contributed by atoms with Crippen molar-refractivity contribution in [2.24, 2.45) is 0 Å². The van der Waals surface area contributed by atoms with Gasteiger partial charge in [-0.15, -0.1) is 22.9 Å². The van der Waals surface area contributed by atoms with E-state index in [1.807, 2.05) is 30.5 Å². The monoisotopic (exact) mass is 237 g/mol. The molecule has 0 aliphatic rings. The Labute approximate surface area is 98.7 Å². The van der Waals surface area contributed by atoms with E-state index >= 15 is 0 Å². The van der Waals surface area contributed by atoms with Gasteiger partial charge in [0, 0.05) is 5.38 Å². The Morgan fingerprint density at radius 2 is 2.07 bits per heavy atom. The number of aromatic nitrogens is 1. The van der Waals surface area contributed by atoms with E-state index in [-0.39, 0.29) is 5.38 Å². The smallest absolute Gasteiger partial charge is 0.0897 e. The zero-order valence-electron chi connectivity index (χ0n) is 8.48. The fourth-order valence-corrected chi connectivity index (χ4v) is 2.48. The average Bonchev–Trinajstić information content (AvgIpc) is 2.66. The molecule has 0 bridgehead atoms. The molecule has 0 amide bonds. The summed E-state index contributed by atoms with van der Waals surface area (Å²) >= 11 is 7.95. The Bertz CT molecular complexity index is 424. The van der Waals surface area contributed by atoms with E-state index in [9.17, 15) is 0 Å². The van der Waals surface area contributed by atoms with Gasteiger partial charge in [0.05, 0.1) is 16.1 Å². The summed E-state index contributed by atoms with van der Waals surface area (Å²) in [6.07, 6.45) is 0.839. The fraction of sp³-hybridized carbons (Fsp3) is 0.250. The van der Waals surface area contributed by atoms with E-state index in [2.05, 4.69) is 17.1 Å². The number of rotatable bonds is 3. The topological polar surface area (TPSA) is 12.9 Å². The van der Waals surface area contributed by atoms with E-state index in [1.54, 1.807) is 11.3 Å². The van der Waals surface area contributed by atoms with Gasteiger partial charge in [0.2, 0.25) is 0 Å². The molecule has 1 aromatic heterocycles. The summed E-state index contributed by atoms with van der Waals surface area (Å²) in [4.78, 5) is 4.39. The summed E-state index contributed by atoms with van der Waals surface area (Å²) in [7, 11) is 0. The Kier molecular flexibility index (Phi) is 3.39. The minimum absolute atomic E-state index is 0.0163. The zero-order valence-corrected chi connectivity index (χ0v) is 10.1. The van der Waals surface area contributed by atoms with Crippen molar-refractivity contribution in [1.29, 1.82) is 0 Å². The molecule has 78 valence electrons. The predicted molar refractivity (Wildman–Crippen MR) is 65.6 cm³/mol. The van der Waals surface area contributed by atoms with Crippen LogP contribution in [-0.2, 0) is 6.42 Å². The van der Waals surface area contributed by atoms with Crippen molar-refractivity contribution in [3.63, 3.8) is 0 Å². The van der Waals surface area contributed by atoms with Crippen molar-refractivity contribution in [1.82, 2.24) is 4.98 Å². The van der Waals surface area contributed by atoms with Crippen LogP contribution in [0.1, 0.15) is 21.6 Å². The van der Waals surface area contributed by atoms with Crippen LogP contribution in [0.2, 0.25) is 0 Å². The molecule has 15 heavy (non-hydrogen) atoms. The maximum Gasteiger partial charge on any atom is 0.0897 e. The first-order valence-corrected chi connectivity index (χ1v) is 6.17. The number of hydrogen-bond donors (Lipinski definition) is 0. The molecule has 0 saturated carbocycles. The molecule has 0 aliphatic carbocycles. The van der Waals surface area contributed by atoms with Gasteiger partial charge in [-0.2, -0.15) is 0 Å². The first-order valence-electron chi connectivity index (χ1n) is 4.86. The number of nitrogens with zero attached hydrogens (tertiary/aromatic N) is 1. The third-order valence-electron chi connectivity index (χ3n) is 2.22. The Balaban J connectivity index is 2.07. The summed E-state index contributed by atoms with van der Waals surface area (Å²) in [5.41, 5.74) is 2.24. The highest BCUT2D eigenvalue weighted by atomic mass is 35.5. The summed E-state index contributed by atoms with van der Waals surface area (Å²) < 4.78 is 0. The lowest BCUT2D eigenvalue weighted by Gasteiger charge is -2.05. The highest BCUT2D eigenvalue weighted by molar-refractivity contribution is 7.09. The van der Waals surface area contributed by atoms with Gasteiger partial charge in [-0.3, -0.25) is 0 Å². The third kappa shape index (κ3) is 2.80. The van der Waals surface area contributed by atoms with E-state index in [0.29, 0.717) is 0 Å². The summed E-state index contributed by atoms with van der Waals surface area (Å²) in [6.45, 7) is 2.00. The van der Waals surface area contributed by atoms with Gasteiger partial charge in [-0.05, 0) is 18.9 Å². The molecule has 1 aromatic carbocycles. The van der Waals surface area contributed by atoms with Gasteiger partial charge in [-0.1, -0.05) is 30.3 Å². The molecule has 0 saturated heterocycles. The molecule has 0 N–H and O–H groups in total. The molecule has 1 heterocycles. The Morgan fingerprint density at radius 1 is 1.33 bits per heavy atom. The van der Waals surface area contributed by atoms with Gasteiger partial charge in [-0.25, -0.2) is 4.98 Å². The molecule has 2 aromatic rings. The number of alkyl halides is 1. The van der Waals surface area contributed by atoms with Crippen LogP contribution in [0.3, 0.4) is 0 Å². The van der Waals surface area contributed by atoms with Crippen molar-refractivity contribution >= 4 is 22.9 Å². The molecule has 3 heteroatoms. The molecule has 1 nitrogen and oxygen atoms in total. The first-order chi connectivity index (χ1) is 7.25. The van der Waals surface area contributed by atoms with Crippen LogP contribution in [0.15, 0.2) is 35.7 Å². The van der Waals surface area contributed by atoms with E-state index < -0.39 is 0 Å². The lowest BCUT2D eigenvalue weighted by Crippen LogP contribution is -1.96. The van der Waals surface area contributed by atoms with Crippen LogP contribution in [0.25, 0.3) is 0 Å². The molecule has 0 aliphatic heterocycles. The number of benzene rings is 1. The van der Waals surface area contributed by atoms with Gasteiger partial charge in [0.25, 0.3) is 0 Å². The van der Waals surface area contributed by atoms with E-state index in [0.717, 1.165) is 17.1 Å². The molecule has 1 atom stereocenters. The summed E-state index contributed by atoms with van der Waals surface area (Å²) in [5, 5.41) is 3.09. The lowest BCUT2D eigenvalue weighted by atomic mass is 10.1. The van der Waals surface area contributed by atoms with Gasteiger partial charge in [0.1, 0.15) is 0 Å². The van der Waals surface area contributed by atoms with E-state index in [1.165, 1.54) is 5.56 Å². The number of aryl methyl sites for hydroxylation is 1. The van der Waals surface area contributed by atoms with Crippen LogP contribution in [0.5, 0.6) is 0 Å². The molecule has 0 spiro atoms. The molecule has 0 radical (unpaired) electrons. The average molecular weight is 238 g/mol. The maximum absolute atomic E-state index is 6.30. The van der Waals surface area contributed by atoms with Crippen molar-refractivity contribution < 1.29 is 0 Å². The molecular weight excluding hydrogens is 226 g/mol. The molecular formula is C12H12ClNS. The second-order valence-corrected chi connectivity index (χ2v) is 5.04. The fourth-order valence-electron chi connectivity index (χ4n) is 1.45. The minimum Gasteiger partial charge on any atom is -0.245 e. The van der Waals surface area contributed by atoms with Crippen LogP contribution >= 0.6 is 22.9 Å². The van der Waals surface area contributed by atoms with Crippen molar-refractivity contribution in [2.75, 3.05) is 0 Å². The third-order valence-corrected chi connectivity index (χ3v) is 3.39. The lowest BCUT2D eigenvalue weighted by molar-refractivity contribution is 0.883. The largest absolute Gasteiger partial charge is 0.245 e. The van der Waals surface area contributed by atoms with Gasteiger partial charge >= 0.3 is 0 Å². The second kappa shape index (κ2) is 4.77. The number of hydrogen-bond acceptors (Lipinski definition) is 2. The number of thiazole rings is 1. The van der Waals surface area contributed by atoms with Crippen molar-refractivity contribution in [3.05, 3.63) is 52.0 Å². The summed E-state index contributed by atoms with van der Waals surface area (Å²) in [5.74, 6) is 0. The maximum atomic E-state index is 6.30. The molecule has 0 fully saturated rings. The van der Waals surface area contributed by atoms with E-state index in [4.69, 9.17) is 11.6 Å². The standard InChI is InChI=1S/C12H12ClNS/c1-9-14-12(8-15-9)11(13)7-10-5-3-2-4-6-10/h2-6,8,11H,7H2,1H3. The highest BCUT2D eigenvalue weighted by Crippen LogP contribution is 2.25. The first kappa shape index (κ1) is 10.7.